The summed E-state index contributed by atoms with van der Waals surface area (Å²) in [4.78, 5) is 8.99. The maximum atomic E-state index is 6.21. The lowest BCUT2D eigenvalue weighted by atomic mass is 10.0. The van der Waals surface area contributed by atoms with Gasteiger partial charge in [0, 0.05) is 18.0 Å². The van der Waals surface area contributed by atoms with E-state index in [1.165, 1.54) is 25.7 Å². The molecule has 3 rings (SSSR count). The van der Waals surface area contributed by atoms with E-state index in [0.717, 1.165) is 29.7 Å². The Labute approximate surface area is 120 Å². The molecule has 104 valence electrons. The molecule has 1 heterocycles. The molecule has 0 unspecified atom stereocenters. The number of hydrogen-bond acceptors (Lipinski definition) is 3. The standard InChI is InChI=1S/C15H22ClN3/c1-9(2)13-18-12(16)10(3)14(19-13)17-8-15(6-7-15)11-4-5-11/h9,11H,4-8H2,1-3H3,(H,17,18,19). The van der Waals surface area contributed by atoms with E-state index in [-0.39, 0.29) is 0 Å². The molecule has 0 saturated heterocycles. The molecule has 2 aliphatic rings. The summed E-state index contributed by atoms with van der Waals surface area (Å²) in [5.74, 6) is 3.02. The van der Waals surface area contributed by atoms with Crippen molar-refractivity contribution in [2.75, 3.05) is 11.9 Å². The fourth-order valence-electron chi connectivity index (χ4n) is 2.78. The van der Waals surface area contributed by atoms with Crippen molar-refractivity contribution in [1.82, 2.24) is 9.97 Å². The van der Waals surface area contributed by atoms with Gasteiger partial charge in [-0.3, -0.25) is 0 Å². The summed E-state index contributed by atoms with van der Waals surface area (Å²) >= 11 is 6.21. The van der Waals surface area contributed by atoms with E-state index in [0.29, 0.717) is 16.5 Å². The highest BCUT2D eigenvalue weighted by molar-refractivity contribution is 6.30. The highest BCUT2D eigenvalue weighted by atomic mass is 35.5. The highest BCUT2D eigenvalue weighted by Crippen LogP contribution is 2.61. The molecule has 0 bridgehead atoms. The number of anilines is 1. The fraction of sp³-hybridized carbons (Fsp3) is 0.733. The third kappa shape index (κ3) is 2.58. The summed E-state index contributed by atoms with van der Waals surface area (Å²) < 4.78 is 0. The first-order chi connectivity index (χ1) is 9.02. The van der Waals surface area contributed by atoms with Crippen LogP contribution in [0.2, 0.25) is 5.15 Å². The van der Waals surface area contributed by atoms with E-state index in [1.807, 2.05) is 6.92 Å². The largest absolute Gasteiger partial charge is 0.369 e. The molecule has 2 fully saturated rings. The van der Waals surface area contributed by atoms with Crippen molar-refractivity contribution in [3.05, 3.63) is 16.5 Å². The fourth-order valence-corrected chi connectivity index (χ4v) is 2.96. The van der Waals surface area contributed by atoms with Crippen LogP contribution in [0.4, 0.5) is 5.82 Å². The molecule has 3 nitrogen and oxygen atoms in total. The van der Waals surface area contributed by atoms with Crippen LogP contribution in [0.25, 0.3) is 0 Å². The van der Waals surface area contributed by atoms with Gasteiger partial charge in [-0.15, -0.1) is 0 Å². The molecule has 0 radical (unpaired) electrons. The lowest BCUT2D eigenvalue weighted by Crippen LogP contribution is -2.19. The Morgan fingerprint density at radius 2 is 2.00 bits per heavy atom. The van der Waals surface area contributed by atoms with Crippen LogP contribution in [-0.4, -0.2) is 16.5 Å². The molecule has 0 atom stereocenters. The Hall–Kier alpha value is -0.830. The van der Waals surface area contributed by atoms with Crippen LogP contribution < -0.4 is 5.32 Å². The van der Waals surface area contributed by atoms with Crippen LogP contribution in [0.5, 0.6) is 0 Å². The van der Waals surface area contributed by atoms with Gasteiger partial charge in [-0.05, 0) is 43.9 Å². The van der Waals surface area contributed by atoms with Crippen molar-refractivity contribution in [3.63, 3.8) is 0 Å². The van der Waals surface area contributed by atoms with E-state index in [1.54, 1.807) is 0 Å². The minimum absolute atomic E-state index is 0.303. The molecule has 1 aromatic heterocycles. The van der Waals surface area contributed by atoms with Crippen LogP contribution in [0.1, 0.15) is 56.8 Å². The predicted molar refractivity (Wildman–Crippen MR) is 78.7 cm³/mol. The molecule has 1 N–H and O–H groups in total. The maximum absolute atomic E-state index is 6.21. The second-order valence-corrected chi connectivity index (χ2v) is 6.85. The van der Waals surface area contributed by atoms with Crippen molar-refractivity contribution < 1.29 is 0 Å². The number of halogens is 1. The Morgan fingerprint density at radius 1 is 1.32 bits per heavy atom. The molecular formula is C15H22ClN3. The highest BCUT2D eigenvalue weighted by Gasteiger charge is 2.53. The summed E-state index contributed by atoms with van der Waals surface area (Å²) in [6.45, 7) is 7.23. The Kier molecular flexibility index (Phi) is 3.20. The molecule has 0 spiro atoms. The predicted octanol–water partition coefficient (Wildman–Crippen LogP) is 4.16. The smallest absolute Gasteiger partial charge is 0.137 e. The Morgan fingerprint density at radius 3 is 2.53 bits per heavy atom. The van der Waals surface area contributed by atoms with Crippen molar-refractivity contribution in [1.29, 1.82) is 0 Å². The molecule has 1 aromatic rings. The average Bonchev–Trinajstić information content (AvgIpc) is 3.24. The third-order valence-electron chi connectivity index (χ3n) is 4.56. The molecule has 0 aliphatic heterocycles. The second-order valence-electron chi connectivity index (χ2n) is 6.49. The molecule has 0 aromatic carbocycles. The quantitative estimate of drug-likeness (QED) is 0.822. The first kappa shape index (κ1) is 13.2. The Balaban J connectivity index is 1.76. The first-order valence-electron chi connectivity index (χ1n) is 7.30. The number of aromatic nitrogens is 2. The van der Waals surface area contributed by atoms with Gasteiger partial charge >= 0.3 is 0 Å². The van der Waals surface area contributed by atoms with Gasteiger partial charge in [0.15, 0.2) is 0 Å². The molecule has 0 amide bonds. The number of rotatable bonds is 5. The second kappa shape index (κ2) is 4.62. The zero-order chi connectivity index (χ0) is 13.6. The average molecular weight is 280 g/mol. The maximum Gasteiger partial charge on any atom is 0.137 e. The van der Waals surface area contributed by atoms with Crippen LogP contribution in [0, 0.1) is 18.3 Å². The van der Waals surface area contributed by atoms with Crippen molar-refractivity contribution in [3.8, 4) is 0 Å². The van der Waals surface area contributed by atoms with E-state index >= 15 is 0 Å². The zero-order valence-corrected chi connectivity index (χ0v) is 12.7. The molecule has 2 aliphatic carbocycles. The SMILES string of the molecule is Cc1c(Cl)nc(C(C)C)nc1NCC1(C2CC2)CC1. The summed E-state index contributed by atoms with van der Waals surface area (Å²) in [6, 6.07) is 0. The van der Waals surface area contributed by atoms with Crippen molar-refractivity contribution in [2.24, 2.45) is 11.3 Å². The van der Waals surface area contributed by atoms with Crippen molar-refractivity contribution in [2.45, 2.75) is 52.4 Å². The monoisotopic (exact) mass is 279 g/mol. The van der Waals surface area contributed by atoms with E-state index in [4.69, 9.17) is 11.6 Å². The van der Waals surface area contributed by atoms with Gasteiger partial charge in [0.05, 0.1) is 0 Å². The van der Waals surface area contributed by atoms with E-state index < -0.39 is 0 Å². The number of nitrogens with one attached hydrogen (secondary N) is 1. The van der Waals surface area contributed by atoms with Crippen LogP contribution >= 0.6 is 11.6 Å². The number of nitrogens with zero attached hydrogens (tertiary/aromatic N) is 2. The normalized spacial score (nSPS) is 20.7. The van der Waals surface area contributed by atoms with Gasteiger partial charge in [0.1, 0.15) is 16.8 Å². The molecular weight excluding hydrogens is 258 g/mol. The molecule has 4 heteroatoms. The third-order valence-corrected chi connectivity index (χ3v) is 4.93. The van der Waals surface area contributed by atoms with Gasteiger partial charge in [0.25, 0.3) is 0 Å². The van der Waals surface area contributed by atoms with Gasteiger partial charge in [-0.1, -0.05) is 25.4 Å². The van der Waals surface area contributed by atoms with Gasteiger partial charge < -0.3 is 5.32 Å². The Bertz CT molecular complexity index is 490. The van der Waals surface area contributed by atoms with Gasteiger partial charge in [-0.25, -0.2) is 9.97 Å². The van der Waals surface area contributed by atoms with E-state index in [2.05, 4.69) is 29.1 Å². The minimum atomic E-state index is 0.303. The number of hydrogen-bond donors (Lipinski definition) is 1. The van der Waals surface area contributed by atoms with Crippen LogP contribution in [0.3, 0.4) is 0 Å². The van der Waals surface area contributed by atoms with Crippen molar-refractivity contribution >= 4 is 17.4 Å². The summed E-state index contributed by atoms with van der Waals surface area (Å²) in [5.41, 5.74) is 1.54. The molecule has 19 heavy (non-hydrogen) atoms. The summed E-state index contributed by atoms with van der Waals surface area (Å²) in [6.07, 6.45) is 5.59. The zero-order valence-electron chi connectivity index (χ0n) is 12.0. The first-order valence-corrected chi connectivity index (χ1v) is 7.67. The topological polar surface area (TPSA) is 37.8 Å². The summed E-state index contributed by atoms with van der Waals surface area (Å²) in [5, 5.41) is 4.12. The van der Waals surface area contributed by atoms with Crippen LogP contribution in [-0.2, 0) is 0 Å². The summed E-state index contributed by atoms with van der Waals surface area (Å²) in [7, 11) is 0. The van der Waals surface area contributed by atoms with Gasteiger partial charge in [-0.2, -0.15) is 0 Å². The lowest BCUT2D eigenvalue weighted by molar-refractivity contribution is 0.466. The molecule has 2 saturated carbocycles. The van der Waals surface area contributed by atoms with E-state index in [9.17, 15) is 0 Å². The lowest BCUT2D eigenvalue weighted by Gasteiger charge is -2.18. The minimum Gasteiger partial charge on any atom is -0.369 e. The van der Waals surface area contributed by atoms with Gasteiger partial charge in [0.2, 0.25) is 0 Å². The van der Waals surface area contributed by atoms with Crippen LogP contribution in [0.15, 0.2) is 0 Å².